The third-order valence-electron chi connectivity index (χ3n) is 4.07. The van der Waals surface area contributed by atoms with Crippen molar-refractivity contribution in [3.63, 3.8) is 0 Å². The second-order valence-corrected chi connectivity index (χ2v) is 8.47. The second-order valence-electron chi connectivity index (χ2n) is 6.48. The summed E-state index contributed by atoms with van der Waals surface area (Å²) in [5.41, 5.74) is 0.854. The number of fused-ring (bicyclic) bond motifs is 1. The van der Waals surface area contributed by atoms with Crippen molar-refractivity contribution in [2.24, 2.45) is 0 Å². The Labute approximate surface area is 167 Å². The van der Waals surface area contributed by atoms with Gasteiger partial charge in [0.05, 0.1) is 38.0 Å². The Morgan fingerprint density at radius 1 is 1.33 bits per heavy atom. The van der Waals surface area contributed by atoms with Gasteiger partial charge in [0.2, 0.25) is 0 Å². The lowest BCUT2D eigenvalue weighted by Gasteiger charge is -2.18. The number of carbonyl (C=O) groups excluding carboxylic acids is 1. The normalized spacial score (nSPS) is 11.6. The van der Waals surface area contributed by atoms with Gasteiger partial charge in [-0.25, -0.2) is 4.98 Å². The molecule has 0 unspecified atom stereocenters. The average Bonchev–Trinajstić information content (AvgIpc) is 3.31. The van der Waals surface area contributed by atoms with Crippen LogP contribution in [0.25, 0.3) is 16.3 Å². The van der Waals surface area contributed by atoms with E-state index in [9.17, 15) is 4.79 Å². The van der Waals surface area contributed by atoms with Crippen molar-refractivity contribution in [2.45, 2.75) is 6.42 Å². The number of thiazole rings is 1. The van der Waals surface area contributed by atoms with Crippen molar-refractivity contribution in [1.29, 1.82) is 0 Å². The molecule has 0 atom stereocenters. The lowest BCUT2D eigenvalue weighted by molar-refractivity contribution is -0.858. The van der Waals surface area contributed by atoms with E-state index in [0.29, 0.717) is 6.54 Å². The number of ether oxygens (including phenoxy) is 1. The Morgan fingerprint density at radius 3 is 2.89 bits per heavy atom. The molecule has 2 heterocycles. The fraction of sp³-hybridized carbons (Fsp3) is 0.300. The molecule has 0 aliphatic rings. The topological polar surface area (TPSA) is 46.9 Å². The van der Waals surface area contributed by atoms with E-state index in [1.54, 1.807) is 29.4 Å². The molecule has 0 fully saturated rings. The van der Waals surface area contributed by atoms with Gasteiger partial charge in [0.15, 0.2) is 5.13 Å². The molecule has 27 heavy (non-hydrogen) atoms. The third-order valence-corrected chi connectivity index (χ3v) is 5.97. The standard InChI is InChI=1S/C20H23N3O2S2/c1-22(2)11-5-12-23(19(24)10-8-16-6-4-13-26-16)20-21-17-14-15(25-3)7-9-18(17)27-20/h4,6-10,13-14H,5,11-12H2,1-3H3/p+1/b10-8+. The fourth-order valence-corrected chi connectivity index (χ4v) is 4.25. The smallest absolute Gasteiger partial charge is 0.252 e. The first-order valence-corrected chi connectivity index (χ1v) is 10.5. The number of thiophene rings is 1. The summed E-state index contributed by atoms with van der Waals surface area (Å²) in [5.74, 6) is 0.731. The number of methoxy groups -OCH3 is 1. The molecular weight excluding hydrogens is 378 g/mol. The molecule has 0 saturated carbocycles. The minimum absolute atomic E-state index is 0.0387. The van der Waals surface area contributed by atoms with Crippen LogP contribution in [0.1, 0.15) is 11.3 Å². The summed E-state index contributed by atoms with van der Waals surface area (Å²) in [6.45, 7) is 1.65. The SMILES string of the molecule is COc1ccc2sc(N(CCC[NH+](C)C)C(=O)/C=C/c3cccs3)nc2c1. The molecule has 0 spiro atoms. The number of benzene rings is 1. The van der Waals surface area contributed by atoms with Gasteiger partial charge in [0, 0.05) is 30.0 Å². The predicted molar refractivity (Wildman–Crippen MR) is 114 cm³/mol. The molecule has 3 aromatic rings. The lowest BCUT2D eigenvalue weighted by atomic mass is 10.3. The van der Waals surface area contributed by atoms with Crippen molar-refractivity contribution in [3.8, 4) is 5.75 Å². The van der Waals surface area contributed by atoms with Gasteiger partial charge >= 0.3 is 0 Å². The number of rotatable bonds is 8. The molecule has 5 nitrogen and oxygen atoms in total. The summed E-state index contributed by atoms with van der Waals surface area (Å²) in [7, 11) is 5.88. The lowest BCUT2D eigenvalue weighted by Crippen LogP contribution is -3.05. The maximum Gasteiger partial charge on any atom is 0.252 e. The molecule has 0 bridgehead atoms. The highest BCUT2D eigenvalue weighted by molar-refractivity contribution is 7.22. The highest BCUT2D eigenvalue weighted by Crippen LogP contribution is 2.31. The number of hydrogen-bond donors (Lipinski definition) is 1. The second kappa shape index (κ2) is 9.12. The van der Waals surface area contributed by atoms with Gasteiger partial charge in [0.25, 0.3) is 5.91 Å². The molecular formula is C20H24N3O2S2+. The van der Waals surface area contributed by atoms with E-state index < -0.39 is 0 Å². The van der Waals surface area contributed by atoms with Crippen LogP contribution in [0.3, 0.4) is 0 Å². The molecule has 0 aliphatic heterocycles. The first-order chi connectivity index (χ1) is 13.1. The molecule has 142 valence electrons. The number of aromatic nitrogens is 1. The molecule has 0 radical (unpaired) electrons. The van der Waals surface area contributed by atoms with Crippen LogP contribution in [0.15, 0.2) is 41.8 Å². The maximum atomic E-state index is 12.9. The van der Waals surface area contributed by atoms with Gasteiger partial charge in [-0.15, -0.1) is 11.3 Å². The van der Waals surface area contributed by atoms with Crippen molar-refractivity contribution in [3.05, 3.63) is 46.7 Å². The first kappa shape index (κ1) is 19.5. The number of amides is 1. The molecule has 2 aromatic heterocycles. The molecule has 3 rings (SSSR count). The minimum atomic E-state index is -0.0387. The van der Waals surface area contributed by atoms with Crippen LogP contribution in [-0.4, -0.2) is 45.2 Å². The quantitative estimate of drug-likeness (QED) is 0.590. The van der Waals surface area contributed by atoms with Crippen LogP contribution < -0.4 is 14.5 Å². The zero-order valence-corrected chi connectivity index (χ0v) is 17.4. The maximum absolute atomic E-state index is 12.9. The van der Waals surface area contributed by atoms with E-state index >= 15 is 0 Å². The number of carbonyl (C=O) groups is 1. The van der Waals surface area contributed by atoms with Crippen molar-refractivity contribution < 1.29 is 14.4 Å². The summed E-state index contributed by atoms with van der Waals surface area (Å²) in [6, 6.07) is 9.79. The summed E-state index contributed by atoms with van der Waals surface area (Å²) >= 11 is 3.15. The Bertz CT molecular complexity index is 917. The van der Waals surface area contributed by atoms with E-state index in [1.165, 1.54) is 16.2 Å². The van der Waals surface area contributed by atoms with Gasteiger partial charge in [-0.3, -0.25) is 9.69 Å². The summed E-state index contributed by atoms with van der Waals surface area (Å²) < 4.78 is 6.33. The summed E-state index contributed by atoms with van der Waals surface area (Å²) in [4.78, 5) is 21.8. The minimum Gasteiger partial charge on any atom is -0.497 e. The fourth-order valence-electron chi connectivity index (χ4n) is 2.66. The highest BCUT2D eigenvalue weighted by atomic mass is 32.1. The molecule has 1 amide bonds. The van der Waals surface area contributed by atoms with Gasteiger partial charge in [-0.05, 0) is 29.7 Å². The number of nitrogens with one attached hydrogen (secondary N) is 1. The number of nitrogens with zero attached hydrogens (tertiary/aromatic N) is 2. The third kappa shape index (κ3) is 5.15. The van der Waals surface area contributed by atoms with E-state index in [1.807, 2.05) is 41.8 Å². The zero-order valence-electron chi connectivity index (χ0n) is 15.8. The summed E-state index contributed by atoms with van der Waals surface area (Å²) in [6.07, 6.45) is 4.43. The first-order valence-electron chi connectivity index (χ1n) is 8.83. The van der Waals surface area contributed by atoms with Gasteiger partial charge in [-0.1, -0.05) is 17.4 Å². The van der Waals surface area contributed by atoms with E-state index in [2.05, 4.69) is 14.1 Å². The van der Waals surface area contributed by atoms with E-state index in [-0.39, 0.29) is 5.91 Å². The Kier molecular flexibility index (Phi) is 6.60. The number of hydrogen-bond acceptors (Lipinski definition) is 5. The molecule has 0 aliphatic carbocycles. The van der Waals surface area contributed by atoms with Crippen LogP contribution in [0.2, 0.25) is 0 Å². The Hall–Kier alpha value is -2.22. The highest BCUT2D eigenvalue weighted by Gasteiger charge is 2.18. The number of quaternary nitrogens is 1. The van der Waals surface area contributed by atoms with Crippen molar-refractivity contribution in [2.75, 3.05) is 39.2 Å². The van der Waals surface area contributed by atoms with Crippen molar-refractivity contribution in [1.82, 2.24) is 4.98 Å². The van der Waals surface area contributed by atoms with Crippen molar-refractivity contribution >= 4 is 50.0 Å². The average molecular weight is 403 g/mol. The van der Waals surface area contributed by atoms with Crippen LogP contribution in [0.5, 0.6) is 5.75 Å². The van der Waals surface area contributed by atoms with E-state index in [0.717, 1.165) is 38.9 Å². The monoisotopic (exact) mass is 402 g/mol. The Balaban J connectivity index is 1.85. The predicted octanol–water partition coefficient (Wildman–Crippen LogP) is 2.95. The largest absolute Gasteiger partial charge is 0.497 e. The van der Waals surface area contributed by atoms with Gasteiger partial charge in [0.1, 0.15) is 5.75 Å². The molecule has 1 N–H and O–H groups in total. The van der Waals surface area contributed by atoms with Gasteiger partial charge in [-0.2, -0.15) is 0 Å². The van der Waals surface area contributed by atoms with Crippen LogP contribution >= 0.6 is 22.7 Å². The summed E-state index contributed by atoms with van der Waals surface area (Å²) in [5, 5.41) is 2.73. The number of anilines is 1. The van der Waals surface area contributed by atoms with E-state index in [4.69, 9.17) is 9.72 Å². The Morgan fingerprint density at radius 2 is 2.19 bits per heavy atom. The van der Waals surface area contributed by atoms with Crippen LogP contribution in [-0.2, 0) is 4.79 Å². The zero-order chi connectivity index (χ0) is 19.2. The molecule has 1 aromatic carbocycles. The molecule has 0 saturated heterocycles. The van der Waals surface area contributed by atoms with Crippen LogP contribution in [0.4, 0.5) is 5.13 Å². The molecule has 7 heteroatoms. The van der Waals surface area contributed by atoms with Crippen LogP contribution in [0, 0.1) is 0 Å². The van der Waals surface area contributed by atoms with Gasteiger partial charge < -0.3 is 9.64 Å².